The zero-order valence-electron chi connectivity index (χ0n) is 12.6. The van der Waals surface area contributed by atoms with Gasteiger partial charge in [-0.25, -0.2) is 4.79 Å². The predicted octanol–water partition coefficient (Wildman–Crippen LogP) is 2.97. The Bertz CT molecular complexity index is 890. The lowest BCUT2D eigenvalue weighted by atomic mass is 10.2. The molecule has 130 valence electrons. The predicted molar refractivity (Wildman–Crippen MR) is 92.1 cm³/mol. The van der Waals surface area contributed by atoms with E-state index in [-0.39, 0.29) is 10.7 Å². The van der Waals surface area contributed by atoms with Crippen LogP contribution in [-0.2, 0) is 13.6 Å². The van der Waals surface area contributed by atoms with Crippen LogP contribution >= 0.6 is 30.8 Å². The standard InChI is InChI=1S/C13H14Cl2N3O5P/c1-22-24(21,23-2)12(8-4-3-7(14)5-9(8)15)17-10-6-16-13(20)18-11(10)19/h3-6,12,17H,1-2H3,(H2,16,18,19,20). The molecule has 1 unspecified atom stereocenters. The van der Waals surface area contributed by atoms with Gasteiger partial charge < -0.3 is 19.3 Å². The summed E-state index contributed by atoms with van der Waals surface area (Å²) in [6, 6.07) is 4.54. The number of nitrogens with one attached hydrogen (secondary N) is 3. The van der Waals surface area contributed by atoms with Crippen LogP contribution in [-0.4, -0.2) is 24.2 Å². The van der Waals surface area contributed by atoms with Crippen LogP contribution in [0.3, 0.4) is 0 Å². The van der Waals surface area contributed by atoms with Crippen LogP contribution in [0.15, 0.2) is 34.0 Å². The van der Waals surface area contributed by atoms with E-state index in [0.29, 0.717) is 10.6 Å². The molecule has 0 radical (unpaired) electrons. The molecular formula is C13H14Cl2N3O5P. The number of aromatic nitrogens is 2. The Morgan fingerprint density at radius 2 is 1.88 bits per heavy atom. The van der Waals surface area contributed by atoms with Crippen molar-refractivity contribution in [3.05, 3.63) is 60.8 Å². The average molecular weight is 394 g/mol. The molecule has 0 saturated carbocycles. The largest absolute Gasteiger partial charge is 0.362 e. The molecule has 0 bridgehead atoms. The SMILES string of the molecule is COP(=O)(OC)C(Nc1c[nH]c(=O)[nH]c1=O)c1ccc(Cl)cc1Cl. The minimum Gasteiger partial charge on any atom is -0.362 e. The summed E-state index contributed by atoms with van der Waals surface area (Å²) in [5.74, 6) is -1.11. The van der Waals surface area contributed by atoms with Gasteiger partial charge in [-0.3, -0.25) is 14.3 Å². The van der Waals surface area contributed by atoms with Gasteiger partial charge in [0.2, 0.25) is 0 Å². The zero-order valence-corrected chi connectivity index (χ0v) is 15.0. The maximum atomic E-state index is 12.9. The third-order valence-electron chi connectivity index (χ3n) is 3.19. The third kappa shape index (κ3) is 3.91. The van der Waals surface area contributed by atoms with Gasteiger partial charge in [-0.1, -0.05) is 29.3 Å². The Balaban J connectivity index is 2.57. The van der Waals surface area contributed by atoms with Gasteiger partial charge >= 0.3 is 13.3 Å². The molecule has 0 aliphatic rings. The first kappa shape index (κ1) is 18.8. The van der Waals surface area contributed by atoms with Gasteiger partial charge in [-0.2, -0.15) is 0 Å². The van der Waals surface area contributed by atoms with E-state index < -0.39 is 24.6 Å². The molecule has 0 amide bonds. The Kier molecular flexibility index (Phi) is 5.90. The Morgan fingerprint density at radius 1 is 1.21 bits per heavy atom. The lowest BCUT2D eigenvalue weighted by molar-refractivity contribution is 0.268. The number of hydrogen-bond donors (Lipinski definition) is 3. The van der Waals surface area contributed by atoms with Crippen LogP contribution in [0.4, 0.5) is 5.69 Å². The van der Waals surface area contributed by atoms with E-state index in [1.807, 2.05) is 0 Å². The van der Waals surface area contributed by atoms with E-state index in [2.05, 4.69) is 15.3 Å². The van der Waals surface area contributed by atoms with Crippen molar-refractivity contribution in [1.82, 2.24) is 9.97 Å². The van der Waals surface area contributed by atoms with Crippen LogP contribution in [0.25, 0.3) is 0 Å². The summed E-state index contributed by atoms with van der Waals surface area (Å²) in [5.41, 5.74) is -1.07. The van der Waals surface area contributed by atoms with Gasteiger partial charge in [0.1, 0.15) is 5.69 Å². The summed E-state index contributed by atoms with van der Waals surface area (Å²) in [6.45, 7) is 0. The van der Waals surface area contributed by atoms with Crippen LogP contribution in [0.2, 0.25) is 10.0 Å². The first-order chi connectivity index (χ1) is 11.3. The second-order valence-electron chi connectivity index (χ2n) is 4.60. The summed E-state index contributed by atoms with van der Waals surface area (Å²) >= 11 is 12.1. The molecule has 1 aromatic heterocycles. The van der Waals surface area contributed by atoms with Gasteiger partial charge in [0.05, 0.1) is 0 Å². The van der Waals surface area contributed by atoms with Crippen molar-refractivity contribution in [3.63, 3.8) is 0 Å². The topological polar surface area (TPSA) is 113 Å². The summed E-state index contributed by atoms with van der Waals surface area (Å²) in [7, 11) is -1.32. The summed E-state index contributed by atoms with van der Waals surface area (Å²) in [6.07, 6.45) is 1.15. The number of hydrogen-bond acceptors (Lipinski definition) is 6. The number of halogens is 2. The smallest absolute Gasteiger partial charge is 0.356 e. The third-order valence-corrected chi connectivity index (χ3v) is 5.81. The Labute approximate surface area is 146 Å². The summed E-state index contributed by atoms with van der Waals surface area (Å²) in [4.78, 5) is 27.4. The number of aromatic amines is 2. The van der Waals surface area contributed by atoms with E-state index in [1.54, 1.807) is 6.07 Å². The van der Waals surface area contributed by atoms with Crippen LogP contribution in [0, 0.1) is 0 Å². The lowest BCUT2D eigenvalue weighted by Crippen LogP contribution is -2.26. The van der Waals surface area contributed by atoms with E-state index in [9.17, 15) is 14.2 Å². The minimum absolute atomic E-state index is 0.0417. The molecule has 1 atom stereocenters. The number of H-pyrrole nitrogens is 2. The normalized spacial score (nSPS) is 12.8. The fraction of sp³-hybridized carbons (Fsp3) is 0.231. The second-order valence-corrected chi connectivity index (χ2v) is 7.77. The zero-order chi connectivity index (χ0) is 17.9. The van der Waals surface area contributed by atoms with Crippen LogP contribution < -0.4 is 16.6 Å². The molecule has 11 heteroatoms. The molecule has 2 rings (SSSR count). The van der Waals surface area contributed by atoms with Gasteiger partial charge in [0.25, 0.3) is 5.56 Å². The van der Waals surface area contributed by atoms with Crippen molar-refractivity contribution in [2.24, 2.45) is 0 Å². The van der Waals surface area contributed by atoms with E-state index >= 15 is 0 Å². The van der Waals surface area contributed by atoms with Crippen molar-refractivity contribution in [2.45, 2.75) is 5.78 Å². The van der Waals surface area contributed by atoms with Gasteiger partial charge in [0, 0.05) is 36.0 Å². The number of anilines is 1. The van der Waals surface area contributed by atoms with Crippen LogP contribution in [0.5, 0.6) is 0 Å². The maximum absolute atomic E-state index is 12.9. The molecule has 3 N–H and O–H groups in total. The number of rotatable bonds is 6. The molecule has 0 fully saturated rings. The van der Waals surface area contributed by atoms with Crippen LogP contribution in [0.1, 0.15) is 11.3 Å². The molecule has 1 heterocycles. The highest BCUT2D eigenvalue weighted by molar-refractivity contribution is 7.54. The fourth-order valence-corrected chi connectivity index (χ4v) is 4.03. The highest BCUT2D eigenvalue weighted by Gasteiger charge is 2.37. The molecule has 0 aliphatic carbocycles. The maximum Gasteiger partial charge on any atom is 0.356 e. The molecular weight excluding hydrogens is 380 g/mol. The van der Waals surface area contributed by atoms with Gasteiger partial charge in [0.15, 0.2) is 5.78 Å². The van der Waals surface area contributed by atoms with Crippen molar-refractivity contribution in [3.8, 4) is 0 Å². The highest BCUT2D eigenvalue weighted by Crippen LogP contribution is 2.60. The fourth-order valence-electron chi connectivity index (χ4n) is 2.00. The first-order valence-corrected chi connectivity index (χ1v) is 8.92. The summed E-state index contributed by atoms with van der Waals surface area (Å²) in [5, 5.41) is 3.33. The number of benzene rings is 1. The monoisotopic (exact) mass is 393 g/mol. The molecule has 1 aromatic carbocycles. The molecule has 0 aliphatic heterocycles. The Morgan fingerprint density at radius 3 is 2.42 bits per heavy atom. The quantitative estimate of drug-likeness (QED) is 0.650. The van der Waals surface area contributed by atoms with E-state index in [4.69, 9.17) is 32.2 Å². The first-order valence-electron chi connectivity index (χ1n) is 6.55. The van der Waals surface area contributed by atoms with Crippen molar-refractivity contribution in [2.75, 3.05) is 19.5 Å². The van der Waals surface area contributed by atoms with Gasteiger partial charge in [-0.15, -0.1) is 0 Å². The summed E-state index contributed by atoms with van der Waals surface area (Å²) < 4.78 is 22.9. The molecule has 0 saturated heterocycles. The molecule has 24 heavy (non-hydrogen) atoms. The molecule has 0 spiro atoms. The van der Waals surface area contributed by atoms with E-state index in [0.717, 1.165) is 6.20 Å². The highest BCUT2D eigenvalue weighted by atomic mass is 35.5. The Hall–Kier alpha value is -1.57. The molecule has 2 aromatic rings. The lowest BCUT2D eigenvalue weighted by Gasteiger charge is -2.26. The average Bonchev–Trinajstić information content (AvgIpc) is 2.54. The van der Waals surface area contributed by atoms with Gasteiger partial charge in [-0.05, 0) is 12.1 Å². The van der Waals surface area contributed by atoms with E-state index in [1.165, 1.54) is 26.4 Å². The van der Waals surface area contributed by atoms with Crippen molar-refractivity contribution in [1.29, 1.82) is 0 Å². The molecule has 8 nitrogen and oxygen atoms in total. The second kappa shape index (κ2) is 7.55. The van der Waals surface area contributed by atoms with Crippen molar-refractivity contribution >= 4 is 36.5 Å². The van der Waals surface area contributed by atoms with Crippen molar-refractivity contribution < 1.29 is 13.6 Å². The minimum atomic E-state index is -3.74.